The largest absolute Gasteiger partial charge is 0.351 e. The van der Waals surface area contributed by atoms with E-state index in [9.17, 15) is 9.59 Å². The van der Waals surface area contributed by atoms with Gasteiger partial charge in [0.25, 0.3) is 0 Å². The van der Waals surface area contributed by atoms with Gasteiger partial charge in [0.2, 0.25) is 17.1 Å². The summed E-state index contributed by atoms with van der Waals surface area (Å²) in [5.74, 6) is -0.217. The van der Waals surface area contributed by atoms with Gasteiger partial charge in [0.15, 0.2) is 6.20 Å². The number of benzene rings is 2. The third-order valence-corrected chi connectivity index (χ3v) is 4.78. The van der Waals surface area contributed by atoms with Crippen LogP contribution in [0.5, 0.6) is 0 Å². The first kappa shape index (κ1) is 13.2. The number of carbonyl (C=O) groups is 2. The van der Waals surface area contributed by atoms with Crippen molar-refractivity contribution in [1.29, 1.82) is 0 Å². The predicted octanol–water partition coefficient (Wildman–Crippen LogP) is 2.92. The summed E-state index contributed by atoms with van der Waals surface area (Å²) in [6, 6.07) is 15.2. The number of H-pyrrole nitrogens is 1. The maximum absolute atomic E-state index is 13.2. The molecule has 0 radical (unpaired) electrons. The summed E-state index contributed by atoms with van der Waals surface area (Å²) in [6.45, 7) is 0. The molecular formula is C20H13N2O2+. The first-order chi connectivity index (χ1) is 11.7. The molecule has 0 amide bonds. The number of para-hydroxylation sites is 2. The number of nitrogens with zero attached hydrogens (tertiary/aromatic N) is 1. The number of ketones is 2. The van der Waals surface area contributed by atoms with Crippen molar-refractivity contribution >= 4 is 33.4 Å². The molecule has 4 heteroatoms. The van der Waals surface area contributed by atoms with Crippen LogP contribution in [0.3, 0.4) is 0 Å². The zero-order valence-electron chi connectivity index (χ0n) is 13.0. The fourth-order valence-corrected chi connectivity index (χ4v) is 3.69. The lowest BCUT2D eigenvalue weighted by Crippen LogP contribution is -2.33. The zero-order chi connectivity index (χ0) is 16.4. The monoisotopic (exact) mass is 313 g/mol. The molecule has 0 saturated heterocycles. The smallest absolute Gasteiger partial charge is 0.213 e. The average Bonchev–Trinajstić information content (AvgIpc) is 3.00. The molecule has 0 bridgehead atoms. The van der Waals surface area contributed by atoms with E-state index >= 15 is 0 Å². The highest BCUT2D eigenvalue weighted by atomic mass is 16.1. The molecule has 4 aromatic rings. The Balaban J connectivity index is 1.94. The van der Waals surface area contributed by atoms with Crippen LogP contribution in [-0.4, -0.2) is 16.6 Å². The van der Waals surface area contributed by atoms with Crippen LogP contribution in [0.1, 0.15) is 32.0 Å². The van der Waals surface area contributed by atoms with Crippen molar-refractivity contribution in [1.82, 2.24) is 4.98 Å². The second-order valence-corrected chi connectivity index (χ2v) is 6.12. The van der Waals surface area contributed by atoms with Gasteiger partial charge in [-0.05, 0) is 12.1 Å². The van der Waals surface area contributed by atoms with Gasteiger partial charge in [0.1, 0.15) is 7.05 Å². The number of aromatic nitrogens is 2. The summed E-state index contributed by atoms with van der Waals surface area (Å²) in [6.07, 6.45) is 1.77. The van der Waals surface area contributed by atoms with Crippen LogP contribution in [0.2, 0.25) is 0 Å². The molecular weight excluding hydrogens is 300 g/mol. The van der Waals surface area contributed by atoms with Gasteiger partial charge in [-0.25, -0.2) is 4.57 Å². The van der Waals surface area contributed by atoms with Gasteiger partial charge in [-0.2, -0.15) is 0 Å². The fourth-order valence-electron chi connectivity index (χ4n) is 3.69. The molecule has 0 spiro atoms. The minimum Gasteiger partial charge on any atom is -0.351 e. The Kier molecular flexibility index (Phi) is 2.41. The van der Waals surface area contributed by atoms with Gasteiger partial charge in [-0.3, -0.25) is 9.59 Å². The Morgan fingerprint density at radius 3 is 2.38 bits per heavy atom. The highest BCUT2D eigenvalue weighted by Gasteiger charge is 2.36. The number of hydrogen-bond acceptors (Lipinski definition) is 2. The van der Waals surface area contributed by atoms with E-state index in [4.69, 9.17) is 0 Å². The predicted molar refractivity (Wildman–Crippen MR) is 90.3 cm³/mol. The van der Waals surface area contributed by atoms with E-state index in [1.807, 2.05) is 60.1 Å². The molecule has 2 aromatic carbocycles. The maximum atomic E-state index is 13.2. The summed E-state index contributed by atoms with van der Waals surface area (Å²) in [7, 11) is 1.89. The number of carbonyl (C=O) groups excluding carboxylic acids is 2. The van der Waals surface area contributed by atoms with Crippen molar-refractivity contribution < 1.29 is 14.2 Å². The van der Waals surface area contributed by atoms with Crippen LogP contribution in [0.25, 0.3) is 21.8 Å². The Labute approximate surface area is 137 Å². The van der Waals surface area contributed by atoms with Gasteiger partial charge >= 0.3 is 0 Å². The van der Waals surface area contributed by atoms with E-state index in [1.54, 1.807) is 6.20 Å². The lowest BCUT2D eigenvalue weighted by molar-refractivity contribution is -0.645. The molecule has 2 heterocycles. The number of aryl methyl sites for hydroxylation is 1. The highest BCUT2D eigenvalue weighted by molar-refractivity contribution is 6.34. The van der Waals surface area contributed by atoms with E-state index in [1.165, 1.54) is 0 Å². The van der Waals surface area contributed by atoms with Gasteiger partial charge in [-0.15, -0.1) is 0 Å². The first-order valence-corrected chi connectivity index (χ1v) is 7.78. The zero-order valence-corrected chi connectivity index (χ0v) is 13.0. The topological polar surface area (TPSA) is 53.8 Å². The molecule has 1 aliphatic rings. The van der Waals surface area contributed by atoms with E-state index in [2.05, 4.69) is 4.98 Å². The van der Waals surface area contributed by atoms with Crippen LogP contribution in [0.4, 0.5) is 0 Å². The number of pyridine rings is 1. The Morgan fingerprint density at radius 1 is 0.833 bits per heavy atom. The molecule has 1 N–H and O–H groups in total. The molecule has 0 fully saturated rings. The van der Waals surface area contributed by atoms with Gasteiger partial charge < -0.3 is 4.98 Å². The summed E-state index contributed by atoms with van der Waals surface area (Å²) >= 11 is 0. The first-order valence-electron chi connectivity index (χ1n) is 7.78. The van der Waals surface area contributed by atoms with Crippen LogP contribution in [0.15, 0.2) is 54.7 Å². The van der Waals surface area contributed by atoms with Gasteiger partial charge in [0, 0.05) is 17.0 Å². The Morgan fingerprint density at radius 2 is 1.54 bits per heavy atom. The summed E-state index contributed by atoms with van der Waals surface area (Å²) in [5.41, 5.74) is 3.58. The summed E-state index contributed by atoms with van der Waals surface area (Å²) < 4.78 is 1.90. The van der Waals surface area contributed by atoms with Crippen molar-refractivity contribution in [3.8, 4) is 0 Å². The number of fused-ring (bicyclic) bond motifs is 6. The van der Waals surface area contributed by atoms with Crippen LogP contribution >= 0.6 is 0 Å². The molecule has 0 unspecified atom stereocenters. The van der Waals surface area contributed by atoms with Gasteiger partial charge in [-0.1, -0.05) is 30.3 Å². The molecule has 1 aliphatic carbocycles. The van der Waals surface area contributed by atoms with E-state index in [-0.39, 0.29) is 11.6 Å². The number of rotatable bonds is 0. The second kappa shape index (κ2) is 4.38. The summed E-state index contributed by atoms with van der Waals surface area (Å²) in [5, 5.41) is 1.60. The fraction of sp³-hybridized carbons (Fsp3) is 0.0500. The van der Waals surface area contributed by atoms with Crippen molar-refractivity contribution in [2.45, 2.75) is 0 Å². The van der Waals surface area contributed by atoms with Crippen LogP contribution in [0, 0.1) is 0 Å². The molecule has 0 aliphatic heterocycles. The quantitative estimate of drug-likeness (QED) is 0.447. The van der Waals surface area contributed by atoms with Gasteiger partial charge in [0.05, 0.1) is 27.8 Å². The maximum Gasteiger partial charge on any atom is 0.213 e. The normalized spacial score (nSPS) is 13.4. The summed E-state index contributed by atoms with van der Waals surface area (Å²) in [4.78, 5) is 29.4. The minimum absolute atomic E-state index is 0.0987. The number of hydrogen-bond donors (Lipinski definition) is 1. The molecule has 2 aromatic heterocycles. The number of nitrogens with one attached hydrogen (secondary N) is 1. The van der Waals surface area contributed by atoms with Crippen molar-refractivity contribution in [2.75, 3.05) is 0 Å². The Hall–Kier alpha value is -3.27. The second-order valence-electron chi connectivity index (χ2n) is 6.12. The molecule has 4 nitrogen and oxygen atoms in total. The third-order valence-electron chi connectivity index (χ3n) is 4.78. The van der Waals surface area contributed by atoms with Crippen molar-refractivity contribution in [2.24, 2.45) is 7.05 Å². The van der Waals surface area contributed by atoms with E-state index in [0.29, 0.717) is 22.4 Å². The van der Waals surface area contributed by atoms with Crippen LogP contribution < -0.4 is 4.57 Å². The lowest BCUT2D eigenvalue weighted by atomic mass is 9.85. The van der Waals surface area contributed by atoms with E-state index < -0.39 is 0 Å². The lowest BCUT2D eigenvalue weighted by Gasteiger charge is -2.15. The highest BCUT2D eigenvalue weighted by Crippen LogP contribution is 2.34. The van der Waals surface area contributed by atoms with Crippen LogP contribution in [-0.2, 0) is 7.05 Å². The molecule has 24 heavy (non-hydrogen) atoms. The molecule has 114 valence electrons. The standard InChI is InChI=1S/C20H12N2O2/c1-22-10-13-16(12-7-3-5-9-15(12)22)20(24)18-17(19(13)23)11-6-2-4-8-14(11)21-18/h2-10H,1H3/p+1. The SMILES string of the molecule is C[n+]1cc2c(c3ccccc31)C(=O)c1[nH]c3ccccc3c1C2=O. The molecule has 5 rings (SSSR count). The Bertz CT molecular complexity index is 1200. The third kappa shape index (κ3) is 1.50. The minimum atomic E-state index is -0.118. The number of aromatic amines is 1. The van der Waals surface area contributed by atoms with Crippen molar-refractivity contribution in [3.05, 3.63) is 77.1 Å². The molecule has 0 saturated carbocycles. The van der Waals surface area contributed by atoms with E-state index in [0.717, 1.165) is 21.8 Å². The average molecular weight is 313 g/mol. The molecule has 0 atom stereocenters. The van der Waals surface area contributed by atoms with Crippen molar-refractivity contribution in [3.63, 3.8) is 0 Å².